The summed E-state index contributed by atoms with van der Waals surface area (Å²) >= 11 is 0. The Labute approximate surface area is 89.4 Å². The number of carbonyl (C=O) groups excluding carboxylic acids is 1. The molecule has 15 heavy (non-hydrogen) atoms. The van der Waals surface area contributed by atoms with Gasteiger partial charge in [0.1, 0.15) is 0 Å². The van der Waals surface area contributed by atoms with Crippen LogP contribution in [0.1, 0.15) is 6.42 Å². The largest absolute Gasteiger partial charge is 0.462 e. The minimum absolute atomic E-state index is 0.269. The molecule has 0 rings (SSSR count). The van der Waals surface area contributed by atoms with E-state index in [2.05, 4.69) is 11.3 Å². The standard InChI is InChI=1S/C6H10O5.C3H9N/c1-2-5(7)11-4-3-6(8,9)10;1-4(2)3/h2,8-10H,1,3-4H2;1-3H3. The third kappa shape index (κ3) is 24.6. The quantitative estimate of drug-likeness (QED) is 0.317. The summed E-state index contributed by atoms with van der Waals surface area (Å²) in [7, 11) is 6.00. The average Bonchev–Trinajstić information content (AvgIpc) is 2.00. The highest BCUT2D eigenvalue weighted by atomic mass is 16.7. The Hall–Kier alpha value is -0.950. The van der Waals surface area contributed by atoms with Gasteiger partial charge in [-0.3, -0.25) is 0 Å². The second kappa shape index (κ2) is 8.37. The zero-order chi connectivity index (χ0) is 12.5. The Morgan fingerprint density at radius 3 is 2.07 bits per heavy atom. The van der Waals surface area contributed by atoms with Crippen molar-refractivity contribution in [2.45, 2.75) is 12.4 Å². The van der Waals surface area contributed by atoms with Crippen LogP contribution in [0.25, 0.3) is 0 Å². The highest BCUT2D eigenvalue weighted by Gasteiger charge is 2.17. The summed E-state index contributed by atoms with van der Waals surface area (Å²) in [5, 5.41) is 24.9. The molecule has 0 fully saturated rings. The monoisotopic (exact) mass is 221 g/mol. The summed E-state index contributed by atoms with van der Waals surface area (Å²) in [6.07, 6.45) is 0.486. The van der Waals surface area contributed by atoms with E-state index in [1.165, 1.54) is 0 Å². The zero-order valence-corrected chi connectivity index (χ0v) is 9.30. The molecule has 6 nitrogen and oxygen atoms in total. The van der Waals surface area contributed by atoms with Crippen molar-refractivity contribution in [3.8, 4) is 0 Å². The first-order valence-corrected chi connectivity index (χ1v) is 4.26. The number of rotatable bonds is 4. The molecule has 0 aromatic carbocycles. The van der Waals surface area contributed by atoms with E-state index in [1.807, 2.05) is 26.0 Å². The Bertz CT molecular complexity index is 183. The average molecular weight is 221 g/mol. The molecule has 0 amide bonds. The summed E-state index contributed by atoms with van der Waals surface area (Å²) in [5.41, 5.74) is 0. The first kappa shape index (κ1) is 16.5. The number of carbonyl (C=O) groups is 1. The molecule has 0 atom stereocenters. The molecule has 0 spiro atoms. The Kier molecular flexibility index (Phi) is 9.19. The number of aliphatic hydroxyl groups is 3. The lowest BCUT2D eigenvalue weighted by Crippen LogP contribution is -2.29. The molecule has 90 valence electrons. The lowest BCUT2D eigenvalue weighted by Gasteiger charge is -2.12. The summed E-state index contributed by atoms with van der Waals surface area (Å²) in [5.74, 6) is -3.45. The summed E-state index contributed by atoms with van der Waals surface area (Å²) < 4.78 is 4.33. The Morgan fingerprint density at radius 2 is 1.80 bits per heavy atom. The number of hydrogen-bond acceptors (Lipinski definition) is 6. The van der Waals surface area contributed by atoms with Crippen molar-refractivity contribution in [1.29, 1.82) is 0 Å². The highest BCUT2D eigenvalue weighted by Crippen LogP contribution is 1.99. The predicted molar refractivity (Wildman–Crippen MR) is 54.8 cm³/mol. The van der Waals surface area contributed by atoms with Crippen LogP contribution in [0.2, 0.25) is 0 Å². The molecule has 0 saturated heterocycles. The van der Waals surface area contributed by atoms with Crippen LogP contribution < -0.4 is 0 Å². The van der Waals surface area contributed by atoms with Crippen molar-refractivity contribution in [1.82, 2.24) is 4.90 Å². The maximum Gasteiger partial charge on any atom is 0.330 e. The van der Waals surface area contributed by atoms with E-state index in [1.54, 1.807) is 0 Å². The highest BCUT2D eigenvalue weighted by molar-refractivity contribution is 5.81. The van der Waals surface area contributed by atoms with Gasteiger partial charge in [-0.25, -0.2) is 4.79 Å². The van der Waals surface area contributed by atoms with Crippen molar-refractivity contribution in [2.24, 2.45) is 0 Å². The number of esters is 1. The third-order valence-electron chi connectivity index (χ3n) is 0.848. The van der Waals surface area contributed by atoms with Crippen LogP contribution in [0, 0.1) is 0 Å². The van der Waals surface area contributed by atoms with Crippen LogP contribution in [0.15, 0.2) is 12.7 Å². The van der Waals surface area contributed by atoms with Crippen molar-refractivity contribution < 1.29 is 24.9 Å². The Morgan fingerprint density at radius 1 is 1.40 bits per heavy atom. The molecule has 0 aliphatic carbocycles. The van der Waals surface area contributed by atoms with Crippen molar-refractivity contribution in [3.05, 3.63) is 12.7 Å². The summed E-state index contributed by atoms with van der Waals surface area (Å²) in [6, 6.07) is 0. The minimum Gasteiger partial charge on any atom is -0.462 e. The van der Waals surface area contributed by atoms with Gasteiger partial charge < -0.3 is 25.0 Å². The van der Waals surface area contributed by atoms with Crippen LogP contribution in [0.5, 0.6) is 0 Å². The third-order valence-corrected chi connectivity index (χ3v) is 0.848. The van der Waals surface area contributed by atoms with Crippen LogP contribution >= 0.6 is 0 Å². The van der Waals surface area contributed by atoms with E-state index < -0.39 is 18.4 Å². The lowest BCUT2D eigenvalue weighted by atomic mass is 10.4. The van der Waals surface area contributed by atoms with E-state index in [9.17, 15) is 4.79 Å². The predicted octanol–water partition coefficient (Wildman–Crippen LogP) is -1.09. The minimum atomic E-state index is -2.78. The van der Waals surface area contributed by atoms with E-state index in [0.29, 0.717) is 0 Å². The Balaban J connectivity index is 0. The fourth-order valence-electron chi connectivity index (χ4n) is 0.347. The fourth-order valence-corrected chi connectivity index (χ4v) is 0.347. The van der Waals surface area contributed by atoms with Gasteiger partial charge in [0.15, 0.2) is 0 Å². The van der Waals surface area contributed by atoms with Crippen molar-refractivity contribution in [3.63, 3.8) is 0 Å². The van der Waals surface area contributed by atoms with Crippen LogP contribution in [-0.4, -0.2) is 59.9 Å². The first-order chi connectivity index (χ1) is 6.69. The number of ether oxygens (including phenoxy) is 1. The van der Waals surface area contributed by atoms with Gasteiger partial charge in [0.25, 0.3) is 5.97 Å². The molecule has 0 aromatic rings. The smallest absolute Gasteiger partial charge is 0.330 e. The maximum absolute atomic E-state index is 10.3. The van der Waals surface area contributed by atoms with Crippen molar-refractivity contribution >= 4 is 5.97 Å². The molecule has 0 unspecified atom stereocenters. The summed E-state index contributed by atoms with van der Waals surface area (Å²) in [4.78, 5) is 12.3. The normalized spacial score (nSPS) is 10.3. The van der Waals surface area contributed by atoms with Gasteiger partial charge in [0.05, 0.1) is 13.0 Å². The molecule has 0 saturated carbocycles. The van der Waals surface area contributed by atoms with E-state index >= 15 is 0 Å². The van der Waals surface area contributed by atoms with Crippen LogP contribution in [0.4, 0.5) is 0 Å². The zero-order valence-electron chi connectivity index (χ0n) is 9.30. The van der Waals surface area contributed by atoms with E-state index in [4.69, 9.17) is 15.3 Å². The topological polar surface area (TPSA) is 90.2 Å². The molecule has 0 aromatic heterocycles. The molecule has 3 N–H and O–H groups in total. The van der Waals surface area contributed by atoms with E-state index in [-0.39, 0.29) is 6.61 Å². The molecule has 6 heteroatoms. The van der Waals surface area contributed by atoms with Gasteiger partial charge >= 0.3 is 5.97 Å². The van der Waals surface area contributed by atoms with Gasteiger partial charge in [-0.15, -0.1) is 0 Å². The SMILES string of the molecule is C=CC(=O)OCCC(O)(O)O.CN(C)C. The van der Waals surface area contributed by atoms with Gasteiger partial charge in [-0.2, -0.15) is 0 Å². The van der Waals surface area contributed by atoms with Crippen LogP contribution in [0.3, 0.4) is 0 Å². The van der Waals surface area contributed by atoms with Gasteiger partial charge in [-0.05, 0) is 21.1 Å². The maximum atomic E-state index is 10.3. The molecule has 0 bridgehead atoms. The fraction of sp³-hybridized carbons (Fsp3) is 0.667. The van der Waals surface area contributed by atoms with Gasteiger partial charge in [0, 0.05) is 6.08 Å². The second-order valence-corrected chi connectivity index (χ2v) is 3.24. The molecular formula is C9H19NO5. The number of nitrogens with zero attached hydrogens (tertiary/aromatic N) is 1. The lowest BCUT2D eigenvalue weighted by molar-refractivity contribution is -0.317. The van der Waals surface area contributed by atoms with Crippen molar-refractivity contribution in [2.75, 3.05) is 27.7 Å². The number of hydrogen-bond donors (Lipinski definition) is 3. The summed E-state index contributed by atoms with van der Waals surface area (Å²) in [6.45, 7) is 2.84. The molecule has 0 aliphatic heterocycles. The first-order valence-electron chi connectivity index (χ1n) is 4.26. The molecular weight excluding hydrogens is 202 g/mol. The molecule has 0 heterocycles. The molecule has 0 aliphatic rings. The second-order valence-electron chi connectivity index (χ2n) is 3.24. The molecule has 0 radical (unpaired) electrons. The van der Waals surface area contributed by atoms with Gasteiger partial charge in [0.2, 0.25) is 0 Å². The van der Waals surface area contributed by atoms with E-state index in [0.717, 1.165) is 6.08 Å². The van der Waals surface area contributed by atoms with Crippen LogP contribution in [-0.2, 0) is 9.53 Å². The van der Waals surface area contributed by atoms with Gasteiger partial charge in [-0.1, -0.05) is 6.58 Å².